The molecule has 3 heterocycles. The first-order valence-corrected chi connectivity index (χ1v) is 9.69. The number of hydrogen-bond acceptors (Lipinski definition) is 5. The van der Waals surface area contributed by atoms with E-state index in [0.29, 0.717) is 0 Å². The fraction of sp³-hybridized carbons (Fsp3) is 0.526. The fourth-order valence-corrected chi connectivity index (χ4v) is 4.77. The molecule has 2 saturated heterocycles. The van der Waals surface area contributed by atoms with Gasteiger partial charge < -0.3 is 14.5 Å². The van der Waals surface area contributed by atoms with Crippen molar-refractivity contribution in [3.63, 3.8) is 0 Å². The van der Waals surface area contributed by atoms with Crippen LogP contribution in [0.2, 0.25) is 0 Å². The summed E-state index contributed by atoms with van der Waals surface area (Å²) in [5.74, 6) is 0. The highest BCUT2D eigenvalue weighted by atomic mass is 32.1. The summed E-state index contributed by atoms with van der Waals surface area (Å²) in [7, 11) is 2.19. The van der Waals surface area contributed by atoms with Crippen LogP contribution >= 0.6 is 11.3 Å². The maximum atomic E-state index is 5.66. The Labute approximate surface area is 148 Å². The molecule has 0 N–H and O–H groups in total. The molecule has 0 unspecified atom stereocenters. The first kappa shape index (κ1) is 16.1. The summed E-state index contributed by atoms with van der Waals surface area (Å²) in [6.07, 6.45) is 2.03. The summed E-state index contributed by atoms with van der Waals surface area (Å²) in [4.78, 5) is 9.92. The molecule has 2 fully saturated rings. The molecule has 0 amide bonds. The molecule has 4 rings (SSSR count). The summed E-state index contributed by atoms with van der Waals surface area (Å²) in [5, 5.41) is 3.46. The number of anilines is 1. The quantitative estimate of drug-likeness (QED) is 0.857. The van der Waals surface area contributed by atoms with Gasteiger partial charge in [0.2, 0.25) is 0 Å². The van der Waals surface area contributed by atoms with Crippen molar-refractivity contribution in [1.82, 2.24) is 9.88 Å². The average molecular weight is 343 g/mol. The van der Waals surface area contributed by atoms with E-state index in [1.165, 1.54) is 16.4 Å². The summed E-state index contributed by atoms with van der Waals surface area (Å²) in [5.41, 5.74) is 2.63. The first-order chi connectivity index (χ1) is 11.8. The smallest absolute Gasteiger partial charge is 0.185 e. The zero-order chi connectivity index (χ0) is 16.4. The van der Waals surface area contributed by atoms with Gasteiger partial charge in [0.15, 0.2) is 5.13 Å². The Morgan fingerprint density at radius 1 is 1.04 bits per heavy atom. The summed E-state index contributed by atoms with van der Waals surface area (Å²) in [6, 6.07) is 10.9. The second kappa shape index (κ2) is 6.82. The van der Waals surface area contributed by atoms with Gasteiger partial charge in [-0.3, -0.25) is 0 Å². The Kier molecular flexibility index (Phi) is 4.57. The zero-order valence-corrected chi connectivity index (χ0v) is 15.1. The van der Waals surface area contributed by atoms with Crippen LogP contribution in [0.15, 0.2) is 35.7 Å². The standard InChI is InChI=1S/C19H25N3OS/c1-21-9-11-22(12-10-21)18-20-17(15-24-18)19(7-13-23-14-8-19)16-5-3-2-4-6-16/h2-6,15H,7-14H2,1H3. The number of rotatable bonds is 3. The van der Waals surface area contributed by atoms with Gasteiger partial charge in [-0.05, 0) is 25.5 Å². The highest BCUT2D eigenvalue weighted by molar-refractivity contribution is 7.13. The molecular weight excluding hydrogens is 318 g/mol. The van der Waals surface area contributed by atoms with Crippen molar-refractivity contribution in [3.05, 3.63) is 47.0 Å². The molecule has 1 aromatic carbocycles. The zero-order valence-electron chi connectivity index (χ0n) is 14.3. The van der Waals surface area contributed by atoms with E-state index in [1.807, 2.05) is 0 Å². The molecular formula is C19H25N3OS. The van der Waals surface area contributed by atoms with E-state index in [-0.39, 0.29) is 5.41 Å². The van der Waals surface area contributed by atoms with Gasteiger partial charge in [0.1, 0.15) is 0 Å². The molecule has 2 aliphatic heterocycles. The molecule has 0 saturated carbocycles. The first-order valence-electron chi connectivity index (χ1n) is 8.81. The Balaban J connectivity index is 1.65. The Bertz CT molecular complexity index is 658. The summed E-state index contributed by atoms with van der Waals surface area (Å²) in [6.45, 7) is 6.02. The molecule has 1 aromatic heterocycles. The molecule has 128 valence electrons. The number of hydrogen-bond donors (Lipinski definition) is 0. The lowest BCUT2D eigenvalue weighted by Gasteiger charge is -2.36. The molecule has 5 heteroatoms. The van der Waals surface area contributed by atoms with Crippen LogP contribution in [0.5, 0.6) is 0 Å². The predicted molar refractivity (Wildman–Crippen MR) is 99.1 cm³/mol. The lowest BCUT2D eigenvalue weighted by molar-refractivity contribution is 0.0620. The number of benzene rings is 1. The monoisotopic (exact) mass is 343 g/mol. The van der Waals surface area contributed by atoms with E-state index in [9.17, 15) is 0 Å². The second-order valence-corrected chi connectivity index (χ2v) is 7.70. The third kappa shape index (κ3) is 2.96. The number of ether oxygens (including phenoxy) is 1. The van der Waals surface area contributed by atoms with Crippen molar-refractivity contribution in [1.29, 1.82) is 0 Å². The van der Waals surface area contributed by atoms with Gasteiger partial charge in [0.25, 0.3) is 0 Å². The van der Waals surface area contributed by atoms with Crippen molar-refractivity contribution in [3.8, 4) is 0 Å². The van der Waals surface area contributed by atoms with Crippen LogP contribution in [0.25, 0.3) is 0 Å². The van der Waals surface area contributed by atoms with E-state index < -0.39 is 0 Å². The molecule has 0 aliphatic carbocycles. The average Bonchev–Trinajstić information content (AvgIpc) is 3.14. The summed E-state index contributed by atoms with van der Waals surface area (Å²) >= 11 is 1.80. The molecule has 0 atom stereocenters. The molecule has 4 nitrogen and oxygen atoms in total. The molecule has 2 aliphatic rings. The minimum atomic E-state index is 0.0147. The number of piperazine rings is 1. The molecule has 0 spiro atoms. The third-order valence-corrected chi connectivity index (χ3v) is 6.33. The molecule has 24 heavy (non-hydrogen) atoms. The maximum Gasteiger partial charge on any atom is 0.185 e. The Morgan fingerprint density at radius 3 is 2.46 bits per heavy atom. The van der Waals surface area contributed by atoms with Gasteiger partial charge in [0, 0.05) is 50.2 Å². The number of nitrogens with zero attached hydrogens (tertiary/aromatic N) is 3. The largest absolute Gasteiger partial charge is 0.381 e. The van der Waals surface area contributed by atoms with E-state index in [2.05, 4.69) is 52.6 Å². The topological polar surface area (TPSA) is 28.6 Å². The van der Waals surface area contributed by atoms with Gasteiger partial charge in [-0.15, -0.1) is 11.3 Å². The van der Waals surface area contributed by atoms with E-state index >= 15 is 0 Å². The van der Waals surface area contributed by atoms with Crippen LogP contribution in [0, 0.1) is 0 Å². The van der Waals surface area contributed by atoms with Gasteiger partial charge in [-0.1, -0.05) is 30.3 Å². The van der Waals surface area contributed by atoms with Crippen LogP contribution in [0.1, 0.15) is 24.1 Å². The van der Waals surface area contributed by atoms with Crippen molar-refractivity contribution < 1.29 is 4.74 Å². The van der Waals surface area contributed by atoms with Crippen LogP contribution in [-0.2, 0) is 10.2 Å². The van der Waals surface area contributed by atoms with E-state index in [4.69, 9.17) is 9.72 Å². The maximum absolute atomic E-state index is 5.66. The van der Waals surface area contributed by atoms with E-state index in [1.54, 1.807) is 11.3 Å². The lowest BCUT2D eigenvalue weighted by Crippen LogP contribution is -2.44. The molecule has 2 aromatic rings. The van der Waals surface area contributed by atoms with Crippen LogP contribution < -0.4 is 4.90 Å². The minimum absolute atomic E-state index is 0.0147. The van der Waals surface area contributed by atoms with Gasteiger partial charge in [-0.25, -0.2) is 4.98 Å². The van der Waals surface area contributed by atoms with Crippen LogP contribution in [0.3, 0.4) is 0 Å². The number of aromatic nitrogens is 1. The van der Waals surface area contributed by atoms with Crippen LogP contribution in [0.4, 0.5) is 5.13 Å². The van der Waals surface area contributed by atoms with Crippen molar-refractivity contribution >= 4 is 16.5 Å². The second-order valence-electron chi connectivity index (χ2n) is 6.87. The van der Waals surface area contributed by atoms with Gasteiger partial charge >= 0.3 is 0 Å². The SMILES string of the molecule is CN1CCN(c2nc(C3(c4ccccc4)CCOCC3)cs2)CC1. The van der Waals surface area contributed by atoms with Gasteiger partial charge in [0.05, 0.1) is 5.69 Å². The van der Waals surface area contributed by atoms with E-state index in [0.717, 1.165) is 52.2 Å². The molecule has 0 radical (unpaired) electrons. The highest BCUT2D eigenvalue weighted by Crippen LogP contribution is 2.42. The highest BCUT2D eigenvalue weighted by Gasteiger charge is 2.38. The normalized spacial score (nSPS) is 21.8. The Hall–Kier alpha value is -1.43. The summed E-state index contributed by atoms with van der Waals surface area (Å²) < 4.78 is 5.66. The fourth-order valence-electron chi connectivity index (χ4n) is 3.80. The van der Waals surface area contributed by atoms with Crippen molar-refractivity contribution in [2.75, 3.05) is 51.3 Å². The Morgan fingerprint density at radius 2 is 1.75 bits per heavy atom. The molecule has 0 bridgehead atoms. The number of thiazole rings is 1. The predicted octanol–water partition coefficient (Wildman–Crippen LogP) is 2.99. The van der Waals surface area contributed by atoms with Crippen LogP contribution in [-0.4, -0.2) is 56.3 Å². The van der Waals surface area contributed by atoms with Crippen molar-refractivity contribution in [2.45, 2.75) is 18.3 Å². The van der Waals surface area contributed by atoms with Crippen molar-refractivity contribution in [2.24, 2.45) is 0 Å². The lowest BCUT2D eigenvalue weighted by atomic mass is 9.72. The van der Waals surface area contributed by atoms with Gasteiger partial charge in [-0.2, -0.15) is 0 Å². The minimum Gasteiger partial charge on any atom is -0.381 e. The third-order valence-electron chi connectivity index (χ3n) is 5.43. The number of likely N-dealkylation sites (N-methyl/N-ethyl adjacent to an activating group) is 1.